The van der Waals surface area contributed by atoms with E-state index in [4.69, 9.17) is 15.2 Å². The van der Waals surface area contributed by atoms with Gasteiger partial charge in [-0.2, -0.15) is 9.97 Å². The van der Waals surface area contributed by atoms with Crippen molar-refractivity contribution in [2.75, 3.05) is 25.3 Å². The van der Waals surface area contributed by atoms with Crippen molar-refractivity contribution < 1.29 is 14.3 Å². The SMILES string of the molecule is COc1cc(OC)nc(NC(=O)c2cccc(N)c2Br)n1. The topological polar surface area (TPSA) is 99.4 Å². The molecule has 0 fully saturated rings. The molecule has 1 aromatic carbocycles. The van der Waals surface area contributed by atoms with Gasteiger partial charge in [-0.1, -0.05) is 6.07 Å². The van der Waals surface area contributed by atoms with Crippen LogP contribution < -0.4 is 20.5 Å². The summed E-state index contributed by atoms with van der Waals surface area (Å²) < 4.78 is 10.5. The maximum atomic E-state index is 12.2. The van der Waals surface area contributed by atoms with Crippen molar-refractivity contribution in [2.45, 2.75) is 0 Å². The Balaban J connectivity index is 2.29. The van der Waals surface area contributed by atoms with Crippen molar-refractivity contribution in [3.8, 4) is 11.8 Å². The number of carbonyl (C=O) groups excluding carboxylic acids is 1. The van der Waals surface area contributed by atoms with Crippen LogP contribution in [0.25, 0.3) is 0 Å². The summed E-state index contributed by atoms with van der Waals surface area (Å²) in [5.41, 5.74) is 6.58. The number of hydrogen-bond acceptors (Lipinski definition) is 6. The van der Waals surface area contributed by atoms with Gasteiger partial charge in [-0.15, -0.1) is 0 Å². The highest BCUT2D eigenvalue weighted by molar-refractivity contribution is 9.10. The standard InChI is InChI=1S/C13H13BrN4O3/c1-20-9-6-10(21-2)17-13(16-9)18-12(19)7-4-3-5-8(15)11(7)14/h3-6H,15H2,1-2H3,(H,16,17,18,19). The van der Waals surface area contributed by atoms with Crippen LogP contribution >= 0.6 is 15.9 Å². The van der Waals surface area contributed by atoms with Crippen LogP contribution in [0.15, 0.2) is 28.7 Å². The minimum absolute atomic E-state index is 0.0746. The van der Waals surface area contributed by atoms with E-state index in [1.54, 1.807) is 18.2 Å². The lowest BCUT2D eigenvalue weighted by Gasteiger charge is -2.09. The van der Waals surface area contributed by atoms with Gasteiger partial charge in [-0.05, 0) is 28.1 Å². The Kier molecular flexibility index (Phi) is 4.59. The summed E-state index contributed by atoms with van der Waals surface area (Å²) in [7, 11) is 2.92. The van der Waals surface area contributed by atoms with Crippen molar-refractivity contribution in [3.05, 3.63) is 34.3 Å². The van der Waals surface area contributed by atoms with Gasteiger partial charge in [0.05, 0.1) is 30.3 Å². The van der Waals surface area contributed by atoms with Crippen molar-refractivity contribution in [1.82, 2.24) is 9.97 Å². The van der Waals surface area contributed by atoms with Gasteiger partial charge in [0.1, 0.15) is 0 Å². The third-order valence-electron chi connectivity index (χ3n) is 2.60. The number of amides is 1. The lowest BCUT2D eigenvalue weighted by Crippen LogP contribution is -2.15. The van der Waals surface area contributed by atoms with Crippen molar-refractivity contribution in [3.63, 3.8) is 0 Å². The summed E-state index contributed by atoms with van der Waals surface area (Å²) in [6.45, 7) is 0. The second kappa shape index (κ2) is 6.40. The maximum Gasteiger partial charge on any atom is 0.259 e. The smallest absolute Gasteiger partial charge is 0.259 e. The molecule has 21 heavy (non-hydrogen) atoms. The number of halogens is 1. The average Bonchev–Trinajstić information content (AvgIpc) is 2.49. The number of anilines is 2. The summed E-state index contributed by atoms with van der Waals surface area (Å²) >= 11 is 3.27. The molecule has 0 bridgehead atoms. The third kappa shape index (κ3) is 3.40. The van der Waals surface area contributed by atoms with Gasteiger partial charge >= 0.3 is 0 Å². The minimum Gasteiger partial charge on any atom is -0.481 e. The molecule has 3 N–H and O–H groups in total. The molecule has 0 radical (unpaired) electrons. The van der Waals surface area contributed by atoms with Gasteiger partial charge in [-0.25, -0.2) is 0 Å². The Morgan fingerprint density at radius 3 is 2.43 bits per heavy atom. The zero-order chi connectivity index (χ0) is 15.4. The highest BCUT2D eigenvalue weighted by Crippen LogP contribution is 2.25. The van der Waals surface area contributed by atoms with Gasteiger partial charge in [0.15, 0.2) is 0 Å². The van der Waals surface area contributed by atoms with Crippen molar-refractivity contribution >= 4 is 33.5 Å². The average molecular weight is 353 g/mol. The van der Waals surface area contributed by atoms with Crippen LogP contribution in [0.1, 0.15) is 10.4 Å². The summed E-state index contributed by atoms with van der Waals surface area (Å²) in [4.78, 5) is 20.3. The first-order chi connectivity index (χ1) is 10.0. The second-order valence-corrected chi connectivity index (χ2v) is 4.73. The molecule has 2 aromatic rings. The Morgan fingerprint density at radius 1 is 1.24 bits per heavy atom. The van der Waals surface area contributed by atoms with E-state index in [9.17, 15) is 4.79 Å². The molecule has 7 nitrogen and oxygen atoms in total. The van der Waals surface area contributed by atoms with E-state index in [0.717, 1.165) is 0 Å². The van der Waals surface area contributed by atoms with E-state index in [1.807, 2.05) is 0 Å². The second-order valence-electron chi connectivity index (χ2n) is 3.94. The van der Waals surface area contributed by atoms with E-state index >= 15 is 0 Å². The minimum atomic E-state index is -0.399. The van der Waals surface area contributed by atoms with Crippen LogP contribution in [0, 0.1) is 0 Å². The summed E-state index contributed by atoms with van der Waals surface area (Å²) in [5.74, 6) is 0.239. The predicted molar refractivity (Wildman–Crippen MR) is 81.6 cm³/mol. The first-order valence-electron chi connectivity index (χ1n) is 5.87. The van der Waals surface area contributed by atoms with Gasteiger partial charge in [0, 0.05) is 5.69 Å². The largest absolute Gasteiger partial charge is 0.481 e. The fraction of sp³-hybridized carbons (Fsp3) is 0.154. The molecule has 1 heterocycles. The molecule has 110 valence electrons. The van der Waals surface area contributed by atoms with Gasteiger partial charge in [0.2, 0.25) is 17.7 Å². The maximum absolute atomic E-state index is 12.2. The Hall–Kier alpha value is -2.35. The zero-order valence-electron chi connectivity index (χ0n) is 11.4. The third-order valence-corrected chi connectivity index (χ3v) is 3.48. The van der Waals surface area contributed by atoms with Crippen LogP contribution in [0.4, 0.5) is 11.6 Å². The van der Waals surface area contributed by atoms with Crippen LogP contribution in [-0.4, -0.2) is 30.1 Å². The molecule has 1 amide bonds. The lowest BCUT2D eigenvalue weighted by molar-refractivity contribution is 0.102. The highest BCUT2D eigenvalue weighted by Gasteiger charge is 2.14. The number of carbonyl (C=O) groups is 1. The first-order valence-corrected chi connectivity index (χ1v) is 6.67. The van der Waals surface area contributed by atoms with Crippen molar-refractivity contribution in [2.24, 2.45) is 0 Å². The molecule has 1 aromatic heterocycles. The van der Waals surface area contributed by atoms with E-state index in [0.29, 0.717) is 15.7 Å². The summed E-state index contributed by atoms with van der Waals surface area (Å²) in [5, 5.41) is 2.57. The molecule has 0 aliphatic carbocycles. The van der Waals surface area contributed by atoms with Crippen LogP contribution in [-0.2, 0) is 0 Å². The number of aromatic nitrogens is 2. The Morgan fingerprint density at radius 2 is 1.86 bits per heavy atom. The molecule has 0 saturated carbocycles. The van der Waals surface area contributed by atoms with Crippen molar-refractivity contribution in [1.29, 1.82) is 0 Å². The zero-order valence-corrected chi connectivity index (χ0v) is 13.0. The molecular formula is C13H13BrN4O3. The van der Waals surface area contributed by atoms with Crippen LogP contribution in [0.5, 0.6) is 11.8 Å². The number of hydrogen-bond donors (Lipinski definition) is 2. The molecule has 0 unspecified atom stereocenters. The fourth-order valence-corrected chi connectivity index (χ4v) is 2.01. The van der Waals surface area contributed by atoms with Crippen LogP contribution in [0.3, 0.4) is 0 Å². The quantitative estimate of drug-likeness (QED) is 0.817. The monoisotopic (exact) mass is 352 g/mol. The van der Waals surface area contributed by atoms with E-state index in [1.165, 1.54) is 20.3 Å². The number of nitrogens with one attached hydrogen (secondary N) is 1. The molecule has 8 heteroatoms. The molecule has 0 aliphatic heterocycles. The summed E-state index contributed by atoms with van der Waals surface area (Å²) in [6.07, 6.45) is 0. The number of rotatable bonds is 4. The molecule has 2 rings (SSSR count). The molecular weight excluding hydrogens is 340 g/mol. The van der Waals surface area contributed by atoms with Crippen LogP contribution in [0.2, 0.25) is 0 Å². The van der Waals surface area contributed by atoms with E-state index in [2.05, 4.69) is 31.2 Å². The van der Waals surface area contributed by atoms with Gasteiger partial charge in [-0.3, -0.25) is 10.1 Å². The molecule has 0 aliphatic rings. The van der Waals surface area contributed by atoms with Gasteiger partial charge < -0.3 is 15.2 Å². The fourth-order valence-electron chi connectivity index (χ4n) is 1.56. The highest BCUT2D eigenvalue weighted by atomic mass is 79.9. The number of ether oxygens (including phenoxy) is 2. The Labute approximate surface area is 129 Å². The molecule has 0 atom stereocenters. The lowest BCUT2D eigenvalue weighted by atomic mass is 10.2. The Bertz CT molecular complexity index is 656. The molecule has 0 saturated heterocycles. The number of benzene rings is 1. The number of nitrogens with two attached hydrogens (primary N) is 1. The number of nitrogens with zero attached hydrogens (tertiary/aromatic N) is 2. The van der Waals surface area contributed by atoms with E-state index in [-0.39, 0.29) is 17.7 Å². The normalized spacial score (nSPS) is 10.0. The van der Waals surface area contributed by atoms with Gasteiger partial charge in [0.25, 0.3) is 5.91 Å². The number of nitrogen functional groups attached to an aromatic ring is 1. The summed E-state index contributed by atoms with van der Waals surface area (Å²) in [6, 6.07) is 6.51. The number of methoxy groups -OCH3 is 2. The van der Waals surface area contributed by atoms with E-state index < -0.39 is 5.91 Å². The predicted octanol–water partition coefficient (Wildman–Crippen LogP) is 2.09. The first kappa shape index (κ1) is 15.0. The molecule has 0 spiro atoms.